The van der Waals surface area contributed by atoms with E-state index in [0.29, 0.717) is 5.56 Å². The minimum Gasteiger partial charge on any atom is -0.290 e. The van der Waals surface area contributed by atoms with Gasteiger partial charge in [0.25, 0.3) is 6.33 Å². The van der Waals surface area contributed by atoms with Crippen molar-refractivity contribution in [3.63, 3.8) is 0 Å². The van der Waals surface area contributed by atoms with Crippen LogP contribution in [0.4, 0.5) is 0 Å². The number of halogens is 3. The quantitative estimate of drug-likeness (QED) is 0.362. The Morgan fingerprint density at radius 2 is 1.75 bits per heavy atom. The molecule has 0 bridgehead atoms. The SMILES string of the molecule is Br.O=C(C[n+]1ccc(-c2cccc(Br)c2)nc1)c1ccc(Br)cc1. The summed E-state index contributed by atoms with van der Waals surface area (Å²) in [6.07, 6.45) is 3.56. The van der Waals surface area contributed by atoms with Gasteiger partial charge in [-0.2, -0.15) is 0 Å². The van der Waals surface area contributed by atoms with Gasteiger partial charge in [0.1, 0.15) is 0 Å². The van der Waals surface area contributed by atoms with Gasteiger partial charge in [0.15, 0.2) is 12.2 Å². The van der Waals surface area contributed by atoms with Crippen molar-refractivity contribution in [1.29, 1.82) is 0 Å². The molecule has 1 heterocycles. The van der Waals surface area contributed by atoms with Gasteiger partial charge in [-0.3, -0.25) is 4.79 Å². The van der Waals surface area contributed by atoms with Gasteiger partial charge in [0.05, 0.1) is 6.20 Å². The predicted molar refractivity (Wildman–Crippen MR) is 106 cm³/mol. The first-order valence-corrected chi connectivity index (χ1v) is 8.60. The zero-order chi connectivity index (χ0) is 16.2. The molecule has 0 unspecified atom stereocenters. The fourth-order valence-electron chi connectivity index (χ4n) is 2.19. The van der Waals surface area contributed by atoms with Crippen molar-refractivity contribution >= 4 is 54.6 Å². The van der Waals surface area contributed by atoms with E-state index in [4.69, 9.17) is 0 Å². The molecule has 6 heteroatoms. The van der Waals surface area contributed by atoms with Gasteiger partial charge in [0, 0.05) is 26.1 Å². The Balaban J connectivity index is 0.00000208. The summed E-state index contributed by atoms with van der Waals surface area (Å²) in [6.45, 7) is 0.271. The third kappa shape index (κ3) is 4.82. The number of aromatic nitrogens is 2. The number of ketones is 1. The fourth-order valence-corrected chi connectivity index (χ4v) is 2.85. The Hall–Kier alpha value is -1.37. The number of benzene rings is 2. The zero-order valence-corrected chi connectivity index (χ0v) is 17.4. The van der Waals surface area contributed by atoms with E-state index < -0.39 is 0 Å². The highest BCUT2D eigenvalue weighted by Gasteiger charge is 2.12. The molecule has 3 nitrogen and oxygen atoms in total. The Morgan fingerprint density at radius 3 is 2.38 bits per heavy atom. The van der Waals surface area contributed by atoms with Gasteiger partial charge >= 0.3 is 0 Å². The van der Waals surface area contributed by atoms with Crippen LogP contribution < -0.4 is 4.57 Å². The van der Waals surface area contributed by atoms with Crippen molar-refractivity contribution in [1.82, 2.24) is 4.98 Å². The largest absolute Gasteiger partial charge is 0.290 e. The van der Waals surface area contributed by atoms with Gasteiger partial charge in [-0.1, -0.05) is 56.1 Å². The molecule has 0 saturated heterocycles. The molecule has 24 heavy (non-hydrogen) atoms. The minimum absolute atomic E-state index is 0. The first kappa shape index (κ1) is 19.0. The molecule has 0 saturated carbocycles. The number of hydrogen-bond donors (Lipinski definition) is 0. The van der Waals surface area contributed by atoms with Crippen LogP contribution in [-0.2, 0) is 6.54 Å². The second-order valence-corrected chi connectivity index (χ2v) is 6.89. The van der Waals surface area contributed by atoms with Gasteiger partial charge in [-0.15, -0.1) is 17.0 Å². The molecule has 0 atom stereocenters. The lowest BCUT2D eigenvalue weighted by Crippen LogP contribution is -2.37. The summed E-state index contributed by atoms with van der Waals surface area (Å²) < 4.78 is 3.76. The molecular formula is C18H14Br3N2O+. The summed E-state index contributed by atoms with van der Waals surface area (Å²) in [5.74, 6) is 0.0551. The second-order valence-electron chi connectivity index (χ2n) is 5.06. The van der Waals surface area contributed by atoms with Crippen molar-refractivity contribution in [3.8, 4) is 11.3 Å². The van der Waals surface area contributed by atoms with Crippen LogP contribution in [0.2, 0.25) is 0 Å². The van der Waals surface area contributed by atoms with Crippen LogP contribution in [0.1, 0.15) is 10.4 Å². The first-order valence-electron chi connectivity index (χ1n) is 7.01. The molecule has 3 rings (SSSR count). The average molecular weight is 514 g/mol. The third-order valence-electron chi connectivity index (χ3n) is 3.38. The fraction of sp³-hybridized carbons (Fsp3) is 0.0556. The molecule has 0 radical (unpaired) electrons. The lowest BCUT2D eigenvalue weighted by molar-refractivity contribution is -0.686. The lowest BCUT2D eigenvalue weighted by atomic mass is 10.1. The molecule has 3 aromatic rings. The van der Waals surface area contributed by atoms with E-state index in [-0.39, 0.29) is 29.3 Å². The Labute approximate surface area is 167 Å². The standard InChI is InChI=1S/C18H13Br2N2O.BrH/c19-15-6-4-13(5-7-15)18(23)11-22-9-8-17(21-12-22)14-2-1-3-16(20)10-14;/h1-10,12H,11H2;1H/q+1;. The van der Waals surface area contributed by atoms with Crippen LogP contribution in [0.5, 0.6) is 0 Å². The lowest BCUT2D eigenvalue weighted by Gasteiger charge is -2.01. The molecule has 0 aliphatic carbocycles. The van der Waals surface area contributed by atoms with E-state index in [1.54, 1.807) is 10.9 Å². The average Bonchev–Trinajstić information content (AvgIpc) is 2.56. The second kappa shape index (κ2) is 8.65. The van der Waals surface area contributed by atoms with Crippen LogP contribution in [0, 0.1) is 0 Å². The number of hydrogen-bond acceptors (Lipinski definition) is 2. The van der Waals surface area contributed by atoms with Crippen LogP contribution in [0.3, 0.4) is 0 Å². The summed E-state index contributed by atoms with van der Waals surface area (Å²) >= 11 is 6.82. The van der Waals surface area contributed by atoms with Crippen molar-refractivity contribution in [3.05, 3.63) is 81.6 Å². The number of rotatable bonds is 4. The van der Waals surface area contributed by atoms with Gasteiger partial charge < -0.3 is 0 Å². The van der Waals surface area contributed by atoms with Crippen molar-refractivity contribution < 1.29 is 9.36 Å². The number of nitrogens with zero attached hydrogens (tertiary/aromatic N) is 2. The summed E-state index contributed by atoms with van der Waals surface area (Å²) in [5, 5.41) is 0. The monoisotopic (exact) mass is 511 g/mol. The zero-order valence-electron chi connectivity index (χ0n) is 12.5. The predicted octanol–water partition coefficient (Wildman–Crippen LogP) is 5.02. The van der Waals surface area contributed by atoms with Crippen molar-refractivity contribution in [2.24, 2.45) is 0 Å². The Morgan fingerprint density at radius 1 is 1.00 bits per heavy atom. The van der Waals surface area contributed by atoms with Crippen molar-refractivity contribution in [2.75, 3.05) is 0 Å². The van der Waals surface area contributed by atoms with E-state index in [9.17, 15) is 4.79 Å². The molecule has 122 valence electrons. The van der Waals surface area contributed by atoms with Crippen LogP contribution in [0.15, 0.2) is 76.1 Å². The van der Waals surface area contributed by atoms with Crippen molar-refractivity contribution in [2.45, 2.75) is 6.54 Å². The van der Waals surface area contributed by atoms with E-state index in [0.717, 1.165) is 20.2 Å². The maximum absolute atomic E-state index is 12.3. The molecule has 1 aromatic heterocycles. The molecule has 0 aliphatic rings. The van der Waals surface area contributed by atoms with Gasteiger partial charge in [-0.05, 0) is 29.2 Å². The Bertz CT molecular complexity index is 834. The highest BCUT2D eigenvalue weighted by molar-refractivity contribution is 9.10. The Kier molecular flexibility index (Phi) is 6.83. The normalized spacial score (nSPS) is 10.1. The third-order valence-corrected chi connectivity index (χ3v) is 4.40. The van der Waals surface area contributed by atoms with E-state index in [2.05, 4.69) is 36.8 Å². The summed E-state index contributed by atoms with van der Waals surface area (Å²) in [4.78, 5) is 16.7. The number of carbonyl (C=O) groups excluding carboxylic acids is 1. The van der Waals surface area contributed by atoms with E-state index >= 15 is 0 Å². The topological polar surface area (TPSA) is 33.8 Å². The number of Topliss-reactive ketones (excluding diaryl/α,β-unsaturated/α-hetero) is 1. The maximum atomic E-state index is 12.3. The summed E-state index contributed by atoms with van der Waals surface area (Å²) in [6, 6.07) is 17.2. The molecule has 0 fully saturated rings. The van der Waals surface area contributed by atoms with Gasteiger partial charge in [-0.25, -0.2) is 4.57 Å². The molecule has 0 aliphatic heterocycles. The van der Waals surface area contributed by atoms with E-state index in [1.807, 2.05) is 60.8 Å². The van der Waals surface area contributed by atoms with Crippen LogP contribution in [-0.4, -0.2) is 10.8 Å². The molecule has 0 amide bonds. The molecule has 2 aromatic carbocycles. The summed E-state index contributed by atoms with van der Waals surface area (Å²) in [5.41, 5.74) is 2.60. The highest BCUT2D eigenvalue weighted by Crippen LogP contribution is 2.20. The smallest absolute Gasteiger partial charge is 0.287 e. The molecule has 0 spiro atoms. The highest BCUT2D eigenvalue weighted by atomic mass is 79.9. The number of carbonyl (C=O) groups is 1. The van der Waals surface area contributed by atoms with Gasteiger partial charge in [0.2, 0.25) is 5.78 Å². The van der Waals surface area contributed by atoms with Crippen LogP contribution in [0.25, 0.3) is 11.3 Å². The molecule has 0 N–H and O–H groups in total. The van der Waals surface area contributed by atoms with E-state index in [1.165, 1.54) is 0 Å². The van der Waals surface area contributed by atoms with Crippen LogP contribution >= 0.6 is 48.8 Å². The minimum atomic E-state index is 0. The summed E-state index contributed by atoms with van der Waals surface area (Å²) in [7, 11) is 0. The first-order chi connectivity index (χ1) is 11.1. The maximum Gasteiger partial charge on any atom is 0.287 e. The molecular weight excluding hydrogens is 500 g/mol.